The number of benzene rings is 1. The first-order chi connectivity index (χ1) is 11.0. The molecule has 6 heteroatoms. The van der Waals surface area contributed by atoms with Gasteiger partial charge in [-0.05, 0) is 38.8 Å². The van der Waals surface area contributed by atoms with E-state index in [2.05, 4.69) is 10.6 Å². The summed E-state index contributed by atoms with van der Waals surface area (Å²) in [4.78, 5) is 24.9. The normalized spacial score (nSPS) is 17.1. The minimum absolute atomic E-state index is 0.183. The molecule has 1 aromatic carbocycles. The summed E-state index contributed by atoms with van der Waals surface area (Å²) in [5.74, 6) is 0.673. The van der Waals surface area contributed by atoms with Crippen LogP contribution in [0, 0.1) is 5.41 Å². The second-order valence-corrected chi connectivity index (χ2v) is 6.60. The Morgan fingerprint density at radius 3 is 2.52 bits per heavy atom. The van der Waals surface area contributed by atoms with Crippen molar-refractivity contribution in [1.82, 2.24) is 5.32 Å². The lowest BCUT2D eigenvalue weighted by molar-refractivity contribution is -0.138. The number of anilines is 1. The monoisotopic (exact) mass is 318 g/mol. The van der Waals surface area contributed by atoms with Gasteiger partial charge in [-0.2, -0.15) is 0 Å². The number of amides is 2. The Kier molecular flexibility index (Phi) is 4.15. The van der Waals surface area contributed by atoms with Crippen molar-refractivity contribution in [2.45, 2.75) is 45.6 Å². The predicted octanol–water partition coefficient (Wildman–Crippen LogP) is 2.44. The third-order valence-electron chi connectivity index (χ3n) is 4.46. The minimum Gasteiger partial charge on any atom is -0.454 e. The van der Waals surface area contributed by atoms with Gasteiger partial charge in [0, 0.05) is 17.8 Å². The summed E-state index contributed by atoms with van der Waals surface area (Å²) in [5, 5.41) is 5.77. The van der Waals surface area contributed by atoms with Crippen molar-refractivity contribution in [3.8, 4) is 11.5 Å². The molecular formula is C17H22N2O4. The highest BCUT2D eigenvalue weighted by Gasteiger charge is 2.37. The molecule has 6 nitrogen and oxygen atoms in total. The van der Waals surface area contributed by atoms with Crippen LogP contribution >= 0.6 is 0 Å². The van der Waals surface area contributed by atoms with E-state index in [1.807, 2.05) is 0 Å². The number of carbonyl (C=O) groups is 2. The fraction of sp³-hybridized carbons (Fsp3) is 0.529. The second-order valence-electron chi connectivity index (χ2n) is 6.60. The van der Waals surface area contributed by atoms with Gasteiger partial charge in [-0.25, -0.2) is 0 Å². The fourth-order valence-corrected chi connectivity index (χ4v) is 2.80. The quantitative estimate of drug-likeness (QED) is 0.836. The Morgan fingerprint density at radius 2 is 1.78 bits per heavy atom. The first kappa shape index (κ1) is 15.6. The van der Waals surface area contributed by atoms with Crippen LogP contribution < -0.4 is 20.1 Å². The van der Waals surface area contributed by atoms with Crippen molar-refractivity contribution in [1.29, 1.82) is 0 Å². The number of carbonyl (C=O) groups excluding carboxylic acids is 2. The molecule has 1 aliphatic carbocycles. The lowest BCUT2D eigenvalue weighted by Crippen LogP contribution is -2.47. The SMILES string of the molecule is CC(C)(C(=O)Nc1ccc2c(c1)OCO2)C(=O)NC1CCCC1. The molecule has 3 rings (SSSR count). The summed E-state index contributed by atoms with van der Waals surface area (Å²) in [6, 6.07) is 5.37. The van der Waals surface area contributed by atoms with E-state index >= 15 is 0 Å². The van der Waals surface area contributed by atoms with E-state index in [-0.39, 0.29) is 24.6 Å². The van der Waals surface area contributed by atoms with Crippen LogP contribution in [0.15, 0.2) is 18.2 Å². The van der Waals surface area contributed by atoms with Crippen molar-refractivity contribution in [2.75, 3.05) is 12.1 Å². The molecule has 2 aliphatic rings. The molecule has 0 radical (unpaired) electrons. The van der Waals surface area contributed by atoms with E-state index in [9.17, 15) is 9.59 Å². The largest absolute Gasteiger partial charge is 0.454 e. The Balaban J connectivity index is 1.64. The summed E-state index contributed by atoms with van der Waals surface area (Å²) in [6.07, 6.45) is 4.25. The standard InChI is InChI=1S/C17H22N2O4/c1-17(2,15(20)18-11-5-3-4-6-11)16(21)19-12-7-8-13-14(9-12)23-10-22-13/h7-9,11H,3-6,10H2,1-2H3,(H,18,20)(H,19,21). The zero-order valence-electron chi connectivity index (χ0n) is 13.5. The van der Waals surface area contributed by atoms with Crippen LogP contribution in [0.1, 0.15) is 39.5 Å². The number of hydrogen-bond acceptors (Lipinski definition) is 4. The molecule has 1 aromatic rings. The number of hydrogen-bond donors (Lipinski definition) is 2. The van der Waals surface area contributed by atoms with Crippen LogP contribution in [0.3, 0.4) is 0 Å². The van der Waals surface area contributed by atoms with E-state index in [1.165, 1.54) is 0 Å². The Labute approximate surface area is 135 Å². The molecule has 1 saturated carbocycles. The third-order valence-corrected chi connectivity index (χ3v) is 4.46. The average molecular weight is 318 g/mol. The molecule has 2 amide bonds. The van der Waals surface area contributed by atoms with Crippen LogP contribution in [-0.2, 0) is 9.59 Å². The van der Waals surface area contributed by atoms with Gasteiger partial charge in [-0.3, -0.25) is 9.59 Å². The third kappa shape index (κ3) is 3.25. The second kappa shape index (κ2) is 6.10. The average Bonchev–Trinajstić information content (AvgIpc) is 3.17. The van der Waals surface area contributed by atoms with E-state index in [0.29, 0.717) is 17.2 Å². The van der Waals surface area contributed by atoms with Gasteiger partial charge >= 0.3 is 0 Å². The predicted molar refractivity (Wildman–Crippen MR) is 85.4 cm³/mol. The van der Waals surface area contributed by atoms with E-state index < -0.39 is 5.41 Å². The molecule has 0 aromatic heterocycles. The fourth-order valence-electron chi connectivity index (χ4n) is 2.80. The van der Waals surface area contributed by atoms with Crippen molar-refractivity contribution < 1.29 is 19.1 Å². The molecule has 0 saturated heterocycles. The van der Waals surface area contributed by atoms with Gasteiger partial charge in [0.15, 0.2) is 11.5 Å². The van der Waals surface area contributed by atoms with Crippen molar-refractivity contribution in [3.63, 3.8) is 0 Å². The molecule has 2 N–H and O–H groups in total. The highest BCUT2D eigenvalue weighted by Crippen LogP contribution is 2.34. The first-order valence-electron chi connectivity index (χ1n) is 7.99. The Bertz CT molecular complexity index is 621. The topological polar surface area (TPSA) is 76.7 Å². The number of nitrogens with one attached hydrogen (secondary N) is 2. The molecule has 124 valence electrons. The molecule has 0 unspecified atom stereocenters. The van der Waals surface area contributed by atoms with E-state index in [0.717, 1.165) is 25.7 Å². The molecule has 1 heterocycles. The summed E-state index contributed by atoms with van der Waals surface area (Å²) in [6.45, 7) is 3.46. The van der Waals surface area contributed by atoms with Crippen LogP contribution in [0.5, 0.6) is 11.5 Å². The van der Waals surface area contributed by atoms with Gasteiger partial charge in [-0.15, -0.1) is 0 Å². The van der Waals surface area contributed by atoms with E-state index in [1.54, 1.807) is 32.0 Å². The lowest BCUT2D eigenvalue weighted by Gasteiger charge is -2.25. The molecular weight excluding hydrogens is 296 g/mol. The summed E-state index contributed by atoms with van der Waals surface area (Å²) in [7, 11) is 0. The lowest BCUT2D eigenvalue weighted by atomic mass is 9.90. The van der Waals surface area contributed by atoms with Crippen LogP contribution in [-0.4, -0.2) is 24.6 Å². The van der Waals surface area contributed by atoms with Crippen LogP contribution in [0.25, 0.3) is 0 Å². The maximum Gasteiger partial charge on any atom is 0.239 e. The van der Waals surface area contributed by atoms with E-state index in [4.69, 9.17) is 9.47 Å². The summed E-state index contributed by atoms with van der Waals surface area (Å²) < 4.78 is 10.5. The molecule has 1 aliphatic heterocycles. The zero-order chi connectivity index (χ0) is 16.4. The number of ether oxygens (including phenoxy) is 2. The Hall–Kier alpha value is -2.24. The summed E-state index contributed by atoms with van der Waals surface area (Å²) in [5.41, 5.74) is -0.556. The van der Waals surface area contributed by atoms with Gasteiger partial charge in [0.25, 0.3) is 0 Å². The van der Waals surface area contributed by atoms with Gasteiger partial charge in [0.1, 0.15) is 5.41 Å². The first-order valence-corrected chi connectivity index (χ1v) is 7.99. The summed E-state index contributed by atoms with van der Waals surface area (Å²) >= 11 is 0. The highest BCUT2D eigenvalue weighted by atomic mass is 16.7. The molecule has 1 fully saturated rings. The van der Waals surface area contributed by atoms with Crippen molar-refractivity contribution in [2.24, 2.45) is 5.41 Å². The number of rotatable bonds is 4. The molecule has 23 heavy (non-hydrogen) atoms. The van der Waals surface area contributed by atoms with Gasteiger partial charge in [0.05, 0.1) is 0 Å². The van der Waals surface area contributed by atoms with Gasteiger partial charge < -0.3 is 20.1 Å². The minimum atomic E-state index is -1.14. The van der Waals surface area contributed by atoms with Gasteiger partial charge in [-0.1, -0.05) is 12.8 Å². The smallest absolute Gasteiger partial charge is 0.239 e. The molecule has 0 bridgehead atoms. The maximum absolute atomic E-state index is 12.5. The van der Waals surface area contributed by atoms with Crippen molar-refractivity contribution in [3.05, 3.63) is 18.2 Å². The van der Waals surface area contributed by atoms with Crippen LogP contribution in [0.2, 0.25) is 0 Å². The molecule has 0 spiro atoms. The molecule has 0 atom stereocenters. The highest BCUT2D eigenvalue weighted by molar-refractivity contribution is 6.10. The van der Waals surface area contributed by atoms with Gasteiger partial charge in [0.2, 0.25) is 18.6 Å². The zero-order valence-corrected chi connectivity index (χ0v) is 13.5. The Morgan fingerprint density at radius 1 is 1.09 bits per heavy atom. The number of fused-ring (bicyclic) bond motifs is 1. The maximum atomic E-state index is 12.5. The van der Waals surface area contributed by atoms with Crippen molar-refractivity contribution >= 4 is 17.5 Å². The van der Waals surface area contributed by atoms with Crippen LogP contribution in [0.4, 0.5) is 5.69 Å².